The number of hydrogen-bond acceptors (Lipinski definition) is 9. The minimum absolute atomic E-state index is 0.0981. The molecule has 1 atom stereocenters. The maximum atomic E-state index is 13.6. The number of hydrogen-bond donors (Lipinski definition) is 1. The fourth-order valence-corrected chi connectivity index (χ4v) is 7.96. The predicted octanol–water partition coefficient (Wildman–Crippen LogP) is 4.91. The summed E-state index contributed by atoms with van der Waals surface area (Å²) in [6.45, 7) is 13.9. The summed E-state index contributed by atoms with van der Waals surface area (Å²) in [6.07, 6.45) is 4.99. The lowest BCUT2D eigenvalue weighted by Gasteiger charge is -2.40. The molecule has 1 saturated carbocycles. The first kappa shape index (κ1) is 31.0. The van der Waals surface area contributed by atoms with E-state index in [1.807, 2.05) is 31.9 Å². The molecule has 3 fully saturated rings. The number of nitrogens with one attached hydrogen (secondary N) is 1. The second-order valence-corrected chi connectivity index (χ2v) is 14.3. The van der Waals surface area contributed by atoms with E-state index in [2.05, 4.69) is 61.3 Å². The van der Waals surface area contributed by atoms with E-state index in [-0.39, 0.29) is 11.9 Å². The molecule has 8 rings (SSSR count). The van der Waals surface area contributed by atoms with Crippen molar-refractivity contribution in [2.75, 3.05) is 52.6 Å². The maximum absolute atomic E-state index is 13.6. The van der Waals surface area contributed by atoms with E-state index in [1.54, 1.807) is 0 Å². The molecule has 1 spiro atoms. The van der Waals surface area contributed by atoms with Crippen molar-refractivity contribution >= 4 is 16.9 Å². The molecule has 12 heteroatoms. The molecule has 4 aliphatic rings. The molecule has 1 amide bonds. The third-order valence-electron chi connectivity index (χ3n) is 10.4. The van der Waals surface area contributed by atoms with Crippen molar-refractivity contribution in [2.24, 2.45) is 0 Å². The van der Waals surface area contributed by atoms with E-state index < -0.39 is 5.60 Å². The Morgan fingerprint density at radius 1 is 1.12 bits per heavy atom. The van der Waals surface area contributed by atoms with Gasteiger partial charge in [0, 0.05) is 55.2 Å². The van der Waals surface area contributed by atoms with Crippen LogP contribution in [0.25, 0.3) is 22.0 Å². The summed E-state index contributed by atoms with van der Waals surface area (Å²) in [5.41, 5.74) is 6.73. The second-order valence-electron chi connectivity index (χ2n) is 14.3. The highest BCUT2D eigenvalue weighted by Crippen LogP contribution is 2.50. The van der Waals surface area contributed by atoms with Crippen LogP contribution in [0.15, 0.2) is 24.4 Å². The van der Waals surface area contributed by atoms with Crippen LogP contribution < -0.4 is 4.74 Å². The van der Waals surface area contributed by atoms with Crippen molar-refractivity contribution in [1.82, 2.24) is 39.7 Å². The number of likely N-dealkylation sites (tertiary alicyclic amines) is 1. The highest BCUT2D eigenvalue weighted by molar-refractivity contribution is 5.99. The normalized spacial score (nSPS) is 21.9. The lowest BCUT2D eigenvalue weighted by atomic mass is 9.86. The van der Waals surface area contributed by atoms with E-state index in [0.717, 1.165) is 78.7 Å². The Labute approximate surface area is 280 Å². The summed E-state index contributed by atoms with van der Waals surface area (Å²) in [7, 11) is 0. The number of fused-ring (bicyclic) bond motifs is 2. The van der Waals surface area contributed by atoms with Crippen LogP contribution in [-0.2, 0) is 11.3 Å². The highest BCUT2D eigenvalue weighted by Gasteiger charge is 2.45. The molecule has 250 valence electrons. The summed E-state index contributed by atoms with van der Waals surface area (Å²) in [5.74, 6) is 2.56. The van der Waals surface area contributed by atoms with Gasteiger partial charge in [0.15, 0.2) is 0 Å². The van der Waals surface area contributed by atoms with E-state index >= 15 is 0 Å². The SMILES string of the molecule is Cc1nc(C(C)C)n(C(=O)N2CCOC3(CCN(CN4CCOc5c(cc(C6CC6)c(-c6c(C)ccc7[nH]ncc67)c5C#N)C4)C3)C2)n1. The smallest absolute Gasteiger partial charge is 0.346 e. The molecular formula is C36H43N9O3. The van der Waals surface area contributed by atoms with Crippen molar-refractivity contribution in [3.8, 4) is 22.9 Å². The molecule has 1 N–H and O–H groups in total. The van der Waals surface area contributed by atoms with Gasteiger partial charge in [0.05, 0.1) is 37.1 Å². The maximum Gasteiger partial charge on any atom is 0.346 e. The number of amides is 1. The summed E-state index contributed by atoms with van der Waals surface area (Å²) in [4.78, 5) is 24.9. The molecule has 12 nitrogen and oxygen atoms in total. The fourth-order valence-electron chi connectivity index (χ4n) is 7.96. The number of nitrogens with zero attached hydrogens (tertiary/aromatic N) is 8. The number of carbonyl (C=O) groups excluding carboxylic acids is 1. The second kappa shape index (κ2) is 12.0. The molecular weight excluding hydrogens is 606 g/mol. The van der Waals surface area contributed by atoms with Crippen LogP contribution in [-0.4, -0.2) is 104 Å². The van der Waals surface area contributed by atoms with Gasteiger partial charge in [0.2, 0.25) is 0 Å². The van der Waals surface area contributed by atoms with Crippen LogP contribution >= 0.6 is 0 Å². The average Bonchev–Trinajstić information content (AvgIpc) is 3.57. The molecule has 1 unspecified atom stereocenters. The molecule has 5 heterocycles. The molecule has 2 saturated heterocycles. The Hall–Kier alpha value is -4.31. The Bertz CT molecular complexity index is 1940. The van der Waals surface area contributed by atoms with Crippen molar-refractivity contribution < 1.29 is 14.3 Å². The topological polar surface area (TPSA) is 128 Å². The fraction of sp³-hybridized carbons (Fsp3) is 0.528. The third-order valence-corrected chi connectivity index (χ3v) is 10.4. The number of aryl methyl sites for hydroxylation is 2. The number of carbonyl (C=O) groups is 1. The van der Waals surface area contributed by atoms with Gasteiger partial charge in [-0.1, -0.05) is 19.9 Å². The minimum atomic E-state index is -0.407. The van der Waals surface area contributed by atoms with E-state index in [9.17, 15) is 10.1 Å². The molecule has 48 heavy (non-hydrogen) atoms. The largest absolute Gasteiger partial charge is 0.491 e. The summed E-state index contributed by atoms with van der Waals surface area (Å²) in [6, 6.07) is 8.93. The van der Waals surface area contributed by atoms with Crippen molar-refractivity contribution in [1.29, 1.82) is 5.26 Å². The van der Waals surface area contributed by atoms with Gasteiger partial charge in [-0.05, 0) is 67.9 Å². The van der Waals surface area contributed by atoms with Crippen molar-refractivity contribution in [3.63, 3.8) is 0 Å². The number of nitriles is 1. The van der Waals surface area contributed by atoms with Crippen LogP contribution in [0.5, 0.6) is 5.75 Å². The van der Waals surface area contributed by atoms with Crippen LogP contribution in [0.4, 0.5) is 4.79 Å². The zero-order valence-corrected chi connectivity index (χ0v) is 28.3. The first-order valence-corrected chi connectivity index (χ1v) is 17.2. The summed E-state index contributed by atoms with van der Waals surface area (Å²) >= 11 is 0. The zero-order chi connectivity index (χ0) is 33.2. The number of ether oxygens (including phenoxy) is 2. The summed E-state index contributed by atoms with van der Waals surface area (Å²) < 4.78 is 14.4. The van der Waals surface area contributed by atoms with Gasteiger partial charge < -0.3 is 14.4 Å². The van der Waals surface area contributed by atoms with Gasteiger partial charge in [-0.15, -0.1) is 5.10 Å². The highest BCUT2D eigenvalue weighted by atomic mass is 16.5. The van der Waals surface area contributed by atoms with Gasteiger partial charge in [0.1, 0.15) is 35.6 Å². The summed E-state index contributed by atoms with van der Waals surface area (Å²) in [5, 5.41) is 23.5. The Morgan fingerprint density at radius 2 is 1.98 bits per heavy atom. The van der Waals surface area contributed by atoms with Crippen LogP contribution in [0.1, 0.15) is 78.8 Å². The van der Waals surface area contributed by atoms with Crippen LogP contribution in [0.3, 0.4) is 0 Å². The average molecular weight is 650 g/mol. The van der Waals surface area contributed by atoms with Gasteiger partial charge in [-0.2, -0.15) is 15.0 Å². The first-order valence-electron chi connectivity index (χ1n) is 17.2. The Kier molecular flexibility index (Phi) is 7.74. The molecule has 4 aromatic rings. The molecule has 0 bridgehead atoms. The van der Waals surface area contributed by atoms with E-state index in [1.165, 1.54) is 10.2 Å². The minimum Gasteiger partial charge on any atom is -0.491 e. The van der Waals surface area contributed by atoms with Crippen LogP contribution in [0.2, 0.25) is 0 Å². The number of rotatable bonds is 5. The lowest BCUT2D eigenvalue weighted by Crippen LogP contribution is -2.56. The van der Waals surface area contributed by atoms with E-state index in [0.29, 0.717) is 61.7 Å². The molecule has 0 radical (unpaired) electrons. The molecule has 2 aromatic heterocycles. The molecule has 2 aromatic carbocycles. The standard InChI is InChI=1S/C36H43N9O3/c1-22(2)34-39-24(4)41-45(34)35(46)44-12-14-48-36(20-44)9-10-43(19-36)21-42-11-13-47-33-26(18-42)15-27(25-6-7-25)32(28(33)16-37)31-23(3)5-8-30-29(31)17-38-40-30/h5,8,15,17,22,25H,6-7,9-14,18-21H2,1-4H3,(H,38,40). The third kappa shape index (κ3) is 5.44. The van der Waals surface area contributed by atoms with Gasteiger partial charge in [-0.3, -0.25) is 14.9 Å². The van der Waals surface area contributed by atoms with Crippen LogP contribution in [0, 0.1) is 25.2 Å². The van der Waals surface area contributed by atoms with Gasteiger partial charge >= 0.3 is 6.03 Å². The molecule has 1 aliphatic carbocycles. The predicted molar refractivity (Wildman–Crippen MR) is 180 cm³/mol. The quantitative estimate of drug-likeness (QED) is 0.321. The zero-order valence-electron chi connectivity index (χ0n) is 28.3. The number of morpholine rings is 1. The van der Waals surface area contributed by atoms with E-state index in [4.69, 9.17) is 9.47 Å². The van der Waals surface area contributed by atoms with Gasteiger partial charge in [0.25, 0.3) is 0 Å². The van der Waals surface area contributed by atoms with Crippen molar-refractivity contribution in [3.05, 3.63) is 58.3 Å². The Balaban J connectivity index is 1.02. The number of benzene rings is 2. The monoisotopic (exact) mass is 649 g/mol. The van der Waals surface area contributed by atoms with Gasteiger partial charge in [-0.25, -0.2) is 9.78 Å². The first-order chi connectivity index (χ1) is 23.2. The molecule has 3 aliphatic heterocycles. The lowest BCUT2D eigenvalue weighted by molar-refractivity contribution is -0.0911. The number of aromatic nitrogens is 5. The number of H-pyrrole nitrogens is 1. The Morgan fingerprint density at radius 3 is 2.77 bits per heavy atom. The number of aromatic amines is 1. The van der Waals surface area contributed by atoms with Crippen molar-refractivity contribution in [2.45, 2.75) is 70.9 Å².